The third-order valence-corrected chi connectivity index (χ3v) is 25.9. The molecule has 600 valence electrons. The number of ether oxygens (including phenoxy) is 1. The highest BCUT2D eigenvalue weighted by atomic mass is 16.5. The molecule has 0 bridgehead atoms. The van der Waals surface area contributed by atoms with Crippen LogP contribution in [0.3, 0.4) is 0 Å². The predicted octanol–water partition coefficient (Wildman–Crippen LogP) is 32.8. The number of anilines is 12. The van der Waals surface area contributed by atoms with Crippen molar-refractivity contribution in [2.24, 2.45) is 5.41 Å². The highest BCUT2D eigenvalue weighted by molar-refractivity contribution is 5.93. The molecule has 18 aromatic rings. The maximum Gasteiger partial charge on any atom is 0.151 e. The van der Waals surface area contributed by atoms with Crippen molar-refractivity contribution in [3.8, 4) is 56.0 Å². The SMILES string of the molecule is CC(C)(C)C1(C)c2ccccc2N(c2ccc(-c3ccccc3)cc2)c2ccccc21.CCC1(C)c2ccccc2N(c2ccc(-c3ccccc3)cc2)c2ccccc21.c1ccc(-c2ccc(N3c4ccccc4C(c4ccccc4)(c4ccccc4)c4ccccc43)cc2)cc1.c1ccc(-c2ccc(N3c4ccccc4Oc4ccccc43)cc2)cc1. The molecule has 124 heavy (non-hydrogen) atoms. The van der Waals surface area contributed by atoms with Gasteiger partial charge in [-0.1, -0.05) is 406 Å². The van der Waals surface area contributed by atoms with Gasteiger partial charge in [-0.25, -0.2) is 0 Å². The molecule has 4 aliphatic rings. The molecule has 22 rings (SSSR count). The highest BCUT2D eigenvalue weighted by Gasteiger charge is 2.49. The van der Waals surface area contributed by atoms with Gasteiger partial charge in [0.25, 0.3) is 0 Å². The molecule has 0 aromatic heterocycles. The average Bonchev–Trinajstić information content (AvgIpc) is 0.702. The zero-order chi connectivity index (χ0) is 84.2. The van der Waals surface area contributed by atoms with Gasteiger partial charge >= 0.3 is 0 Å². The summed E-state index contributed by atoms with van der Waals surface area (Å²) >= 11 is 0. The fourth-order valence-electron chi connectivity index (χ4n) is 19.2. The maximum atomic E-state index is 6.08. The molecule has 0 radical (unpaired) electrons. The van der Waals surface area contributed by atoms with Gasteiger partial charge < -0.3 is 24.3 Å². The lowest BCUT2D eigenvalue weighted by molar-refractivity contribution is 0.248. The summed E-state index contributed by atoms with van der Waals surface area (Å²) in [4.78, 5) is 9.51. The first-order valence-corrected chi connectivity index (χ1v) is 43.3. The number of hydrogen-bond acceptors (Lipinski definition) is 5. The van der Waals surface area contributed by atoms with Crippen molar-refractivity contribution in [3.63, 3.8) is 0 Å². The molecule has 0 aliphatic carbocycles. The molecule has 0 saturated carbocycles. The molecule has 4 heterocycles. The molecule has 0 atom stereocenters. The van der Waals surface area contributed by atoms with Gasteiger partial charge in [0.15, 0.2) is 11.5 Å². The summed E-state index contributed by atoms with van der Waals surface area (Å²) in [5, 5.41) is 0. The number of benzene rings is 18. The van der Waals surface area contributed by atoms with Crippen LogP contribution in [0.5, 0.6) is 11.5 Å². The van der Waals surface area contributed by atoms with E-state index in [1.54, 1.807) is 0 Å². The van der Waals surface area contributed by atoms with Crippen LogP contribution >= 0.6 is 0 Å². The number of nitrogens with zero attached hydrogens (tertiary/aromatic N) is 4. The minimum absolute atomic E-state index is 0.0215. The van der Waals surface area contributed by atoms with Gasteiger partial charge in [0, 0.05) is 33.6 Å². The van der Waals surface area contributed by atoms with Crippen molar-refractivity contribution in [1.29, 1.82) is 0 Å². The van der Waals surface area contributed by atoms with E-state index in [-0.39, 0.29) is 16.2 Å². The van der Waals surface area contributed by atoms with E-state index in [1.165, 1.54) is 135 Å². The van der Waals surface area contributed by atoms with Crippen LogP contribution in [0.1, 0.15) is 92.5 Å². The summed E-state index contributed by atoms with van der Waals surface area (Å²) in [6, 6.07) is 169. The summed E-state index contributed by atoms with van der Waals surface area (Å²) in [5.41, 5.74) is 34.4. The quantitative estimate of drug-likeness (QED) is 0.128. The van der Waals surface area contributed by atoms with Crippen LogP contribution in [0.2, 0.25) is 0 Å². The van der Waals surface area contributed by atoms with Gasteiger partial charge in [-0.3, -0.25) is 0 Å². The molecule has 0 fully saturated rings. The van der Waals surface area contributed by atoms with E-state index in [0.717, 1.165) is 40.7 Å². The second-order valence-corrected chi connectivity index (χ2v) is 33.7. The molecule has 0 spiro atoms. The van der Waals surface area contributed by atoms with Gasteiger partial charge in [0.05, 0.1) is 50.9 Å². The Morgan fingerprint density at radius 2 is 0.411 bits per heavy atom. The third kappa shape index (κ3) is 14.4. The molecule has 0 N–H and O–H groups in total. The van der Waals surface area contributed by atoms with E-state index in [0.29, 0.717) is 0 Å². The highest BCUT2D eigenvalue weighted by Crippen LogP contribution is 2.61. The largest absolute Gasteiger partial charge is 0.453 e. The number of fused-ring (bicyclic) bond motifs is 8. The van der Waals surface area contributed by atoms with Gasteiger partial charge in [0.1, 0.15) is 0 Å². The van der Waals surface area contributed by atoms with E-state index < -0.39 is 5.41 Å². The van der Waals surface area contributed by atoms with Crippen molar-refractivity contribution < 1.29 is 4.74 Å². The lowest BCUT2D eigenvalue weighted by Gasteiger charge is -2.50. The first-order valence-electron chi connectivity index (χ1n) is 43.3. The molecular weight excluding hydrogens is 1500 g/mol. The Morgan fingerprint density at radius 1 is 0.210 bits per heavy atom. The van der Waals surface area contributed by atoms with Crippen molar-refractivity contribution >= 4 is 68.2 Å². The van der Waals surface area contributed by atoms with Gasteiger partial charge in [-0.15, -0.1) is 0 Å². The zero-order valence-electron chi connectivity index (χ0n) is 70.9. The fourth-order valence-corrected chi connectivity index (χ4v) is 19.2. The van der Waals surface area contributed by atoms with Gasteiger partial charge in [-0.2, -0.15) is 0 Å². The molecule has 0 amide bonds. The first-order chi connectivity index (χ1) is 60.9. The molecule has 0 unspecified atom stereocenters. The van der Waals surface area contributed by atoms with E-state index in [4.69, 9.17) is 4.74 Å². The maximum absolute atomic E-state index is 6.08. The van der Waals surface area contributed by atoms with Crippen LogP contribution < -0.4 is 24.3 Å². The summed E-state index contributed by atoms with van der Waals surface area (Å²) in [5.74, 6) is 1.75. The van der Waals surface area contributed by atoms with Crippen LogP contribution in [-0.4, -0.2) is 0 Å². The Morgan fingerprint density at radius 3 is 0.685 bits per heavy atom. The number of hydrogen-bond donors (Lipinski definition) is 0. The van der Waals surface area contributed by atoms with Gasteiger partial charge in [0.2, 0.25) is 0 Å². The van der Waals surface area contributed by atoms with Crippen LogP contribution in [0.4, 0.5) is 68.2 Å². The standard InChI is InChI=1S/C37H27N.C30H29N.C28H25N.C24H17NO/c1-4-14-28(15-5-1)29-24-26-32(27-25-29)38-35-22-12-10-20-33(35)37(30-16-6-2-7-17-30,31-18-8-3-9-19-31)34-21-11-13-23-36(34)38;1-29(2,3)30(4)25-14-8-10-16-27(25)31(28-17-11-9-15-26(28)30)24-20-18-23(19-21-24)22-12-6-5-7-13-22;1-3-28(2)24-13-7-9-15-26(24)29(27-16-10-8-14-25(27)28)23-19-17-22(18-20-23)21-11-5-4-6-12-21;1-2-8-18(9-3-1)19-14-16-20(17-15-19)25-21-10-4-6-12-23(21)26-24-13-7-5-11-22(24)25/h1-27H;5-21H,1-4H3;4-20H,3H2,1-2H3;1-17H. The monoisotopic (exact) mass is 1600 g/mol. The second-order valence-electron chi connectivity index (χ2n) is 33.7. The van der Waals surface area contributed by atoms with Crippen LogP contribution in [-0.2, 0) is 16.2 Å². The average molecular weight is 1600 g/mol. The molecule has 5 nitrogen and oxygen atoms in total. The van der Waals surface area contributed by atoms with Crippen LogP contribution in [0, 0.1) is 5.41 Å². The van der Waals surface area contributed by atoms with Crippen molar-refractivity contribution in [2.75, 3.05) is 19.6 Å². The molecule has 0 saturated heterocycles. The first kappa shape index (κ1) is 78.8. The van der Waals surface area contributed by atoms with E-state index in [1.807, 2.05) is 42.5 Å². The van der Waals surface area contributed by atoms with E-state index >= 15 is 0 Å². The molecule has 4 aliphatic heterocycles. The summed E-state index contributed by atoms with van der Waals surface area (Å²) < 4.78 is 6.08. The van der Waals surface area contributed by atoms with Crippen LogP contribution in [0.25, 0.3) is 44.5 Å². The summed E-state index contributed by atoms with van der Waals surface area (Å²) in [7, 11) is 0. The topological polar surface area (TPSA) is 22.2 Å². The fraction of sp³-hybridized carbons (Fsp3) is 0.0924. The zero-order valence-corrected chi connectivity index (χ0v) is 70.9. The molecular formula is C119H98N4O. The number of rotatable bonds is 11. The second kappa shape index (κ2) is 33.9. The minimum atomic E-state index is -0.434. The normalized spacial score (nSPS) is 13.6. The smallest absolute Gasteiger partial charge is 0.151 e. The van der Waals surface area contributed by atoms with E-state index in [2.05, 4.69) is 492 Å². The van der Waals surface area contributed by atoms with Crippen molar-refractivity contribution in [2.45, 2.75) is 64.2 Å². The Hall–Kier alpha value is -15.0. The van der Waals surface area contributed by atoms with Gasteiger partial charge in [-0.05, 0) is 210 Å². The lowest BCUT2D eigenvalue weighted by atomic mass is 9.58. The van der Waals surface area contributed by atoms with E-state index in [9.17, 15) is 0 Å². The molecule has 5 heteroatoms. The summed E-state index contributed by atoms with van der Waals surface area (Å²) in [6.45, 7) is 14.1. The molecule has 18 aromatic carbocycles. The van der Waals surface area contributed by atoms with Crippen LogP contribution in [0.15, 0.2) is 473 Å². The Balaban J connectivity index is 0.000000109. The predicted molar refractivity (Wildman–Crippen MR) is 521 cm³/mol. The summed E-state index contributed by atoms with van der Waals surface area (Å²) in [6.07, 6.45) is 1.07. The third-order valence-electron chi connectivity index (χ3n) is 25.9. The van der Waals surface area contributed by atoms with Crippen molar-refractivity contribution in [3.05, 3.63) is 518 Å². The Bertz CT molecular complexity index is 6500. The Labute approximate surface area is 731 Å². The Kier molecular flexibility index (Phi) is 21.5. The van der Waals surface area contributed by atoms with Crippen molar-refractivity contribution in [1.82, 2.24) is 0 Å². The number of para-hydroxylation sites is 10. The minimum Gasteiger partial charge on any atom is -0.453 e. The lowest BCUT2D eigenvalue weighted by Crippen LogP contribution is -2.42.